The number of carbonyl (C=O) groups excluding carboxylic acids is 1. The fraction of sp³-hybridized carbons (Fsp3) is 0.412. The predicted octanol–water partition coefficient (Wildman–Crippen LogP) is 3.50. The van der Waals surface area contributed by atoms with Gasteiger partial charge in [-0.05, 0) is 43.5 Å². The molecule has 0 saturated heterocycles. The van der Waals surface area contributed by atoms with Crippen LogP contribution in [-0.4, -0.2) is 26.0 Å². The van der Waals surface area contributed by atoms with Gasteiger partial charge in [-0.2, -0.15) is 0 Å². The Bertz CT molecular complexity index is 895. The molecule has 0 aliphatic rings. The van der Waals surface area contributed by atoms with Crippen molar-refractivity contribution in [2.45, 2.75) is 38.3 Å². The molecule has 0 unspecified atom stereocenters. The van der Waals surface area contributed by atoms with Crippen LogP contribution in [0.3, 0.4) is 0 Å². The summed E-state index contributed by atoms with van der Waals surface area (Å²) < 4.78 is 32.6. The summed E-state index contributed by atoms with van der Waals surface area (Å²) in [5.41, 5.74) is 1.08. The monoisotopic (exact) mass is 397 g/mol. The Hall–Kier alpha value is -1.97. The predicted molar refractivity (Wildman–Crippen MR) is 103 cm³/mol. The van der Waals surface area contributed by atoms with Crippen molar-refractivity contribution in [3.05, 3.63) is 28.5 Å². The average Bonchev–Trinajstić information content (AvgIpc) is 3.13. The van der Waals surface area contributed by atoms with Crippen molar-refractivity contribution in [1.82, 2.24) is 9.88 Å². The number of carbonyl (C=O) groups is 1. The third-order valence-electron chi connectivity index (χ3n) is 3.47. The maximum atomic E-state index is 12.3. The van der Waals surface area contributed by atoms with E-state index in [1.54, 1.807) is 31.2 Å². The van der Waals surface area contributed by atoms with Crippen LogP contribution >= 0.6 is 11.3 Å². The summed E-state index contributed by atoms with van der Waals surface area (Å²) in [4.78, 5) is 12.0. The Labute approximate surface area is 157 Å². The third kappa shape index (κ3) is 5.52. The van der Waals surface area contributed by atoms with Gasteiger partial charge in [-0.15, -0.1) is 11.3 Å². The van der Waals surface area contributed by atoms with Gasteiger partial charge in [0.1, 0.15) is 15.6 Å². The maximum absolute atomic E-state index is 12.3. The van der Waals surface area contributed by atoms with E-state index in [0.29, 0.717) is 29.6 Å². The second kappa shape index (κ2) is 8.61. The van der Waals surface area contributed by atoms with Gasteiger partial charge in [0.2, 0.25) is 15.9 Å². The molecule has 0 bridgehead atoms. The lowest BCUT2D eigenvalue weighted by atomic mass is 10.1. The van der Waals surface area contributed by atoms with Gasteiger partial charge in [-0.3, -0.25) is 4.79 Å². The Morgan fingerprint density at radius 3 is 2.73 bits per heavy atom. The van der Waals surface area contributed by atoms with Crippen LogP contribution in [0.15, 0.2) is 20.9 Å². The van der Waals surface area contributed by atoms with E-state index in [1.165, 1.54) is 6.92 Å². The Morgan fingerprint density at radius 2 is 2.08 bits per heavy atom. The molecule has 2 heterocycles. The third-order valence-corrected chi connectivity index (χ3v) is 6.47. The number of hydrogen-bond donors (Lipinski definition) is 2. The molecule has 2 aromatic rings. The number of amides is 1. The number of thiophene rings is 1. The first-order chi connectivity index (χ1) is 12.2. The van der Waals surface area contributed by atoms with Gasteiger partial charge in [-0.1, -0.05) is 19.0 Å². The summed E-state index contributed by atoms with van der Waals surface area (Å²) in [5.74, 6) is 0.621. The van der Waals surface area contributed by atoms with Crippen LogP contribution < -0.4 is 10.0 Å². The first kappa shape index (κ1) is 20.3. The van der Waals surface area contributed by atoms with Crippen LogP contribution in [0.25, 0.3) is 12.2 Å². The van der Waals surface area contributed by atoms with Crippen molar-refractivity contribution in [3.63, 3.8) is 0 Å². The highest BCUT2D eigenvalue weighted by molar-refractivity contribution is 7.91. The minimum absolute atomic E-state index is 0.220. The first-order valence-corrected chi connectivity index (χ1v) is 10.5. The van der Waals surface area contributed by atoms with Crippen molar-refractivity contribution >= 4 is 45.1 Å². The maximum Gasteiger partial charge on any atom is 0.250 e. The number of nitrogens with one attached hydrogen (secondary N) is 2. The van der Waals surface area contributed by atoms with E-state index in [0.717, 1.165) is 22.6 Å². The first-order valence-electron chi connectivity index (χ1n) is 8.20. The van der Waals surface area contributed by atoms with E-state index >= 15 is 0 Å². The summed E-state index contributed by atoms with van der Waals surface area (Å²) in [6.45, 7) is 7.64. The summed E-state index contributed by atoms with van der Waals surface area (Å²) in [5, 5.41) is 6.50. The van der Waals surface area contributed by atoms with Crippen molar-refractivity contribution in [2.24, 2.45) is 5.92 Å². The molecule has 0 aliphatic carbocycles. The van der Waals surface area contributed by atoms with E-state index in [4.69, 9.17) is 4.52 Å². The van der Waals surface area contributed by atoms with Gasteiger partial charge in [0.25, 0.3) is 0 Å². The normalized spacial score (nSPS) is 12.2. The van der Waals surface area contributed by atoms with Crippen LogP contribution in [0, 0.1) is 12.8 Å². The van der Waals surface area contributed by atoms with Crippen LogP contribution in [0.5, 0.6) is 0 Å². The van der Waals surface area contributed by atoms with Gasteiger partial charge >= 0.3 is 0 Å². The number of aryl methyl sites for hydroxylation is 1. The minimum Gasteiger partial charge on any atom is -0.354 e. The zero-order valence-electron chi connectivity index (χ0n) is 15.2. The van der Waals surface area contributed by atoms with E-state index in [2.05, 4.69) is 15.2 Å². The second-order valence-electron chi connectivity index (χ2n) is 6.26. The lowest BCUT2D eigenvalue weighted by molar-refractivity contribution is -0.114. The van der Waals surface area contributed by atoms with Gasteiger partial charge in [-0.25, -0.2) is 13.1 Å². The number of rotatable bonds is 8. The zero-order valence-corrected chi connectivity index (χ0v) is 16.8. The highest BCUT2D eigenvalue weighted by Crippen LogP contribution is 2.26. The zero-order chi connectivity index (χ0) is 19.3. The highest BCUT2D eigenvalue weighted by atomic mass is 32.2. The summed E-state index contributed by atoms with van der Waals surface area (Å²) in [7, 11) is -3.50. The molecule has 0 saturated carbocycles. The second-order valence-corrected chi connectivity index (χ2v) is 9.37. The number of aromatic nitrogens is 1. The van der Waals surface area contributed by atoms with Gasteiger partial charge < -0.3 is 9.84 Å². The minimum atomic E-state index is -3.50. The largest absolute Gasteiger partial charge is 0.354 e. The standard InChI is InChI=1S/C17H23N3O4S2/c1-11(2)9-10-18-26(22,23)16-8-6-14(25-16)5-7-15-17(19-13(4)21)12(3)20-24-15/h5-8,11,18H,9-10H2,1-4H3,(H,19,21). The SMILES string of the molecule is CC(=O)Nc1c(C)noc1C=Cc1ccc(S(=O)(=O)NCCC(C)C)s1. The molecule has 7 nitrogen and oxygen atoms in total. The molecule has 0 aromatic carbocycles. The molecule has 2 N–H and O–H groups in total. The van der Waals surface area contributed by atoms with E-state index in [1.807, 2.05) is 13.8 Å². The van der Waals surface area contributed by atoms with Crippen LogP contribution in [-0.2, 0) is 14.8 Å². The molecular formula is C17H23N3O4S2. The average molecular weight is 398 g/mol. The topological polar surface area (TPSA) is 101 Å². The van der Waals surface area contributed by atoms with Crippen molar-refractivity contribution < 1.29 is 17.7 Å². The molecule has 9 heteroatoms. The molecule has 0 radical (unpaired) electrons. The van der Waals surface area contributed by atoms with Crippen molar-refractivity contribution in [2.75, 3.05) is 11.9 Å². The van der Waals surface area contributed by atoms with Crippen LogP contribution in [0.2, 0.25) is 0 Å². The molecule has 1 amide bonds. The molecule has 0 fully saturated rings. The Morgan fingerprint density at radius 1 is 1.35 bits per heavy atom. The van der Waals surface area contributed by atoms with Crippen LogP contribution in [0.4, 0.5) is 5.69 Å². The van der Waals surface area contributed by atoms with Gasteiger partial charge in [0.15, 0.2) is 5.76 Å². The van der Waals surface area contributed by atoms with Gasteiger partial charge in [0.05, 0.1) is 0 Å². The van der Waals surface area contributed by atoms with Crippen molar-refractivity contribution in [1.29, 1.82) is 0 Å². The number of nitrogens with zero attached hydrogens (tertiary/aromatic N) is 1. The van der Waals surface area contributed by atoms with Crippen molar-refractivity contribution in [3.8, 4) is 0 Å². The molecule has 0 spiro atoms. The van der Waals surface area contributed by atoms with Crippen LogP contribution in [0.1, 0.15) is 43.5 Å². The Balaban J connectivity index is 2.11. The number of anilines is 1. The van der Waals surface area contributed by atoms with Gasteiger partial charge in [0, 0.05) is 18.3 Å². The lowest BCUT2D eigenvalue weighted by Gasteiger charge is -2.06. The smallest absolute Gasteiger partial charge is 0.250 e. The molecule has 2 rings (SSSR count). The molecule has 142 valence electrons. The molecule has 26 heavy (non-hydrogen) atoms. The molecule has 2 aromatic heterocycles. The van der Waals surface area contributed by atoms with E-state index in [9.17, 15) is 13.2 Å². The summed E-state index contributed by atoms with van der Waals surface area (Å²) in [6.07, 6.45) is 4.16. The fourth-order valence-corrected chi connectivity index (χ4v) is 4.43. The summed E-state index contributed by atoms with van der Waals surface area (Å²) in [6, 6.07) is 3.29. The molecule has 0 aliphatic heterocycles. The fourth-order valence-electron chi connectivity index (χ4n) is 2.11. The molecular weight excluding hydrogens is 374 g/mol. The number of hydrogen-bond acceptors (Lipinski definition) is 6. The van der Waals surface area contributed by atoms with E-state index in [-0.39, 0.29) is 10.1 Å². The number of sulfonamides is 1. The summed E-state index contributed by atoms with van der Waals surface area (Å²) >= 11 is 1.16. The quantitative estimate of drug-likeness (QED) is 0.710. The van der Waals surface area contributed by atoms with E-state index < -0.39 is 10.0 Å². The highest BCUT2D eigenvalue weighted by Gasteiger charge is 2.16. The molecule has 0 atom stereocenters. The Kier molecular flexibility index (Phi) is 6.74. The lowest BCUT2D eigenvalue weighted by Crippen LogP contribution is -2.24.